The molecular weight excluding hydrogens is 234 g/mol. The zero-order chi connectivity index (χ0) is 12.3. The van der Waals surface area contributed by atoms with E-state index in [1.807, 2.05) is 0 Å². The fraction of sp³-hybridized carbons (Fsp3) is 0.833. The predicted molar refractivity (Wildman–Crippen MR) is 69.0 cm³/mol. The zero-order valence-corrected chi connectivity index (χ0v) is 11.4. The van der Waals surface area contributed by atoms with Gasteiger partial charge in [-0.25, -0.2) is 0 Å². The SMILES string of the molecule is CCOC1CC(Cc2nnc(C(N)CC)s2)C1. The minimum Gasteiger partial charge on any atom is -0.378 e. The van der Waals surface area contributed by atoms with E-state index < -0.39 is 0 Å². The first-order chi connectivity index (χ1) is 8.22. The highest BCUT2D eigenvalue weighted by molar-refractivity contribution is 7.11. The molecule has 0 aliphatic heterocycles. The van der Waals surface area contributed by atoms with E-state index in [0.717, 1.165) is 35.4 Å². The monoisotopic (exact) mass is 255 g/mol. The topological polar surface area (TPSA) is 61.0 Å². The van der Waals surface area contributed by atoms with E-state index in [4.69, 9.17) is 10.5 Å². The molecule has 5 heteroatoms. The molecule has 0 spiro atoms. The number of hydrogen-bond acceptors (Lipinski definition) is 5. The Kier molecular flexibility index (Phi) is 4.48. The average molecular weight is 255 g/mol. The van der Waals surface area contributed by atoms with Crippen molar-refractivity contribution in [2.24, 2.45) is 11.7 Å². The minimum absolute atomic E-state index is 0.0545. The average Bonchev–Trinajstić information content (AvgIpc) is 2.74. The molecule has 0 bridgehead atoms. The molecule has 1 fully saturated rings. The van der Waals surface area contributed by atoms with Gasteiger partial charge in [0.15, 0.2) is 0 Å². The van der Waals surface area contributed by atoms with Gasteiger partial charge in [0.05, 0.1) is 12.1 Å². The number of hydrogen-bond donors (Lipinski definition) is 1. The van der Waals surface area contributed by atoms with Crippen LogP contribution in [0.25, 0.3) is 0 Å². The van der Waals surface area contributed by atoms with Gasteiger partial charge in [0.2, 0.25) is 0 Å². The molecule has 4 nitrogen and oxygen atoms in total. The second kappa shape index (κ2) is 5.89. The Morgan fingerprint density at radius 2 is 2.18 bits per heavy atom. The van der Waals surface area contributed by atoms with Gasteiger partial charge >= 0.3 is 0 Å². The van der Waals surface area contributed by atoms with Crippen LogP contribution in [0, 0.1) is 5.92 Å². The second-order valence-electron chi connectivity index (χ2n) is 4.67. The molecule has 2 rings (SSSR count). The molecule has 1 heterocycles. The zero-order valence-electron chi connectivity index (χ0n) is 10.6. The summed E-state index contributed by atoms with van der Waals surface area (Å²) in [5, 5.41) is 10.5. The minimum atomic E-state index is 0.0545. The first kappa shape index (κ1) is 12.9. The van der Waals surface area contributed by atoms with Gasteiger partial charge in [-0.05, 0) is 32.1 Å². The summed E-state index contributed by atoms with van der Waals surface area (Å²) in [4.78, 5) is 0. The molecule has 1 unspecified atom stereocenters. The lowest BCUT2D eigenvalue weighted by molar-refractivity contribution is -0.0240. The molecule has 1 aromatic rings. The molecule has 0 amide bonds. The van der Waals surface area contributed by atoms with Gasteiger partial charge in [-0.3, -0.25) is 0 Å². The van der Waals surface area contributed by atoms with Crippen LogP contribution in [-0.4, -0.2) is 22.9 Å². The Morgan fingerprint density at radius 1 is 1.41 bits per heavy atom. The van der Waals surface area contributed by atoms with Crippen LogP contribution in [0.1, 0.15) is 49.2 Å². The molecule has 0 radical (unpaired) electrons. The third-order valence-electron chi connectivity index (χ3n) is 3.30. The fourth-order valence-electron chi connectivity index (χ4n) is 2.13. The molecule has 1 aliphatic rings. The third-order valence-corrected chi connectivity index (χ3v) is 4.38. The molecule has 0 saturated heterocycles. The summed E-state index contributed by atoms with van der Waals surface area (Å²) in [5.74, 6) is 0.727. The van der Waals surface area contributed by atoms with Crippen molar-refractivity contribution in [3.63, 3.8) is 0 Å². The smallest absolute Gasteiger partial charge is 0.134 e. The van der Waals surface area contributed by atoms with Crippen molar-refractivity contribution in [3.8, 4) is 0 Å². The number of nitrogens with zero attached hydrogens (tertiary/aromatic N) is 2. The molecule has 1 aromatic heterocycles. The van der Waals surface area contributed by atoms with Crippen LogP contribution in [-0.2, 0) is 11.2 Å². The Hall–Kier alpha value is -0.520. The van der Waals surface area contributed by atoms with E-state index in [0.29, 0.717) is 6.10 Å². The van der Waals surface area contributed by atoms with Crippen molar-refractivity contribution < 1.29 is 4.74 Å². The van der Waals surface area contributed by atoms with Gasteiger partial charge in [0.25, 0.3) is 0 Å². The van der Waals surface area contributed by atoms with E-state index in [-0.39, 0.29) is 6.04 Å². The first-order valence-corrected chi connectivity index (χ1v) is 7.24. The molecule has 2 N–H and O–H groups in total. The largest absolute Gasteiger partial charge is 0.378 e. The lowest BCUT2D eigenvalue weighted by Crippen LogP contribution is -2.32. The standard InChI is InChI=1S/C12H21N3OS/c1-3-10(13)12-15-14-11(17-12)7-8-5-9(6-8)16-4-2/h8-10H,3-7,13H2,1-2H3. The predicted octanol–water partition coefficient (Wildman–Crippen LogP) is 2.31. The van der Waals surface area contributed by atoms with Crippen LogP contribution >= 0.6 is 11.3 Å². The second-order valence-corrected chi connectivity index (χ2v) is 5.76. The maximum atomic E-state index is 5.93. The van der Waals surface area contributed by atoms with Gasteiger partial charge in [-0.2, -0.15) is 0 Å². The van der Waals surface area contributed by atoms with Crippen molar-refractivity contribution in [2.75, 3.05) is 6.61 Å². The first-order valence-electron chi connectivity index (χ1n) is 6.42. The van der Waals surface area contributed by atoms with E-state index in [2.05, 4.69) is 24.0 Å². The van der Waals surface area contributed by atoms with Crippen LogP contribution < -0.4 is 5.73 Å². The number of nitrogens with two attached hydrogens (primary N) is 1. The molecule has 0 aromatic carbocycles. The third kappa shape index (κ3) is 3.24. The van der Waals surface area contributed by atoms with Crippen LogP contribution in [0.2, 0.25) is 0 Å². The molecule has 96 valence electrons. The van der Waals surface area contributed by atoms with Gasteiger partial charge in [0.1, 0.15) is 10.0 Å². The lowest BCUT2D eigenvalue weighted by Gasteiger charge is -2.34. The van der Waals surface area contributed by atoms with Crippen LogP contribution in [0.5, 0.6) is 0 Å². The van der Waals surface area contributed by atoms with Crippen molar-refractivity contribution in [1.29, 1.82) is 0 Å². The molecule has 1 atom stereocenters. The quantitative estimate of drug-likeness (QED) is 0.847. The fourth-order valence-corrected chi connectivity index (χ4v) is 3.18. The Balaban J connectivity index is 1.79. The molecular formula is C12H21N3OS. The summed E-state index contributed by atoms with van der Waals surface area (Å²) in [6, 6.07) is 0.0545. The normalized spacial score (nSPS) is 25.6. The van der Waals surface area contributed by atoms with Crippen molar-refractivity contribution in [3.05, 3.63) is 10.0 Å². The Morgan fingerprint density at radius 3 is 2.82 bits per heavy atom. The Labute approximate surface area is 107 Å². The van der Waals surface area contributed by atoms with E-state index in [1.54, 1.807) is 11.3 Å². The summed E-state index contributed by atoms with van der Waals surface area (Å²) >= 11 is 1.67. The summed E-state index contributed by atoms with van der Waals surface area (Å²) in [7, 11) is 0. The van der Waals surface area contributed by atoms with Crippen LogP contribution in [0.4, 0.5) is 0 Å². The highest BCUT2D eigenvalue weighted by Crippen LogP contribution is 2.33. The highest BCUT2D eigenvalue weighted by atomic mass is 32.1. The Bertz CT molecular complexity index is 349. The number of rotatable bonds is 6. The van der Waals surface area contributed by atoms with E-state index in [1.165, 1.54) is 12.8 Å². The molecule has 1 saturated carbocycles. The summed E-state index contributed by atoms with van der Waals surface area (Å²) in [6.45, 7) is 4.95. The lowest BCUT2D eigenvalue weighted by atomic mass is 9.80. The van der Waals surface area contributed by atoms with Gasteiger partial charge < -0.3 is 10.5 Å². The summed E-state index contributed by atoms with van der Waals surface area (Å²) < 4.78 is 5.55. The number of aromatic nitrogens is 2. The summed E-state index contributed by atoms with van der Waals surface area (Å²) in [5.41, 5.74) is 5.93. The van der Waals surface area contributed by atoms with Crippen molar-refractivity contribution in [2.45, 2.75) is 51.7 Å². The van der Waals surface area contributed by atoms with E-state index >= 15 is 0 Å². The maximum Gasteiger partial charge on any atom is 0.134 e. The van der Waals surface area contributed by atoms with Crippen molar-refractivity contribution in [1.82, 2.24) is 10.2 Å². The van der Waals surface area contributed by atoms with Gasteiger partial charge in [-0.1, -0.05) is 18.3 Å². The van der Waals surface area contributed by atoms with Crippen molar-refractivity contribution >= 4 is 11.3 Å². The van der Waals surface area contributed by atoms with Gasteiger partial charge in [0, 0.05) is 13.0 Å². The molecule has 17 heavy (non-hydrogen) atoms. The summed E-state index contributed by atoms with van der Waals surface area (Å²) in [6.07, 6.45) is 4.78. The molecule has 1 aliphatic carbocycles. The highest BCUT2D eigenvalue weighted by Gasteiger charge is 2.30. The van der Waals surface area contributed by atoms with Crippen LogP contribution in [0.15, 0.2) is 0 Å². The number of ether oxygens (including phenoxy) is 1. The van der Waals surface area contributed by atoms with Crippen LogP contribution in [0.3, 0.4) is 0 Å². The van der Waals surface area contributed by atoms with E-state index in [9.17, 15) is 0 Å². The van der Waals surface area contributed by atoms with Gasteiger partial charge in [-0.15, -0.1) is 10.2 Å². The maximum absolute atomic E-state index is 5.93.